The van der Waals surface area contributed by atoms with Crippen LogP contribution in [0.4, 0.5) is 13.2 Å². The third-order valence-electron chi connectivity index (χ3n) is 3.70. The van der Waals surface area contributed by atoms with Gasteiger partial charge in [-0.3, -0.25) is 4.99 Å². The summed E-state index contributed by atoms with van der Waals surface area (Å²) in [6.45, 7) is 6.14. The van der Waals surface area contributed by atoms with Gasteiger partial charge in [-0.2, -0.15) is 13.2 Å². The van der Waals surface area contributed by atoms with Crippen LogP contribution in [0.15, 0.2) is 29.3 Å². The van der Waals surface area contributed by atoms with Gasteiger partial charge in [0.25, 0.3) is 0 Å². The lowest BCUT2D eigenvalue weighted by atomic mass is 9.90. The number of benzene rings is 1. The van der Waals surface area contributed by atoms with Crippen molar-refractivity contribution in [2.45, 2.75) is 51.4 Å². The number of alkyl halides is 3. The third-order valence-corrected chi connectivity index (χ3v) is 3.70. The predicted octanol–water partition coefficient (Wildman–Crippen LogP) is 3.80. The monoisotopic (exact) mass is 343 g/mol. The molecule has 0 bridgehead atoms. The summed E-state index contributed by atoms with van der Waals surface area (Å²) in [5.41, 5.74) is 0.619. The molecule has 1 unspecified atom stereocenters. The van der Waals surface area contributed by atoms with Crippen LogP contribution in [0.1, 0.15) is 45.2 Å². The Balaban J connectivity index is 2.15. The largest absolute Gasteiger partial charge is 0.487 e. The number of hydrogen-bond acceptors (Lipinski definition) is 2. The average Bonchev–Trinajstić information content (AvgIpc) is 2.45. The first-order valence-electron chi connectivity index (χ1n) is 8.10. The van der Waals surface area contributed by atoms with Crippen LogP contribution in [0, 0.1) is 0 Å². The van der Waals surface area contributed by atoms with Crippen molar-refractivity contribution in [3.63, 3.8) is 0 Å². The maximum absolute atomic E-state index is 12.3. The number of guanidine groups is 1. The van der Waals surface area contributed by atoms with Crippen LogP contribution in [0.2, 0.25) is 0 Å². The van der Waals surface area contributed by atoms with Crippen molar-refractivity contribution in [2.24, 2.45) is 4.99 Å². The molecule has 0 aromatic heterocycles. The van der Waals surface area contributed by atoms with Crippen LogP contribution in [0.3, 0.4) is 0 Å². The normalized spacial score (nSPS) is 20.1. The summed E-state index contributed by atoms with van der Waals surface area (Å²) in [4.78, 5) is 4.05. The number of para-hydroxylation sites is 1. The Morgan fingerprint density at radius 3 is 2.71 bits per heavy atom. The van der Waals surface area contributed by atoms with Crippen LogP contribution in [-0.2, 0) is 0 Å². The molecule has 1 aromatic carbocycles. The van der Waals surface area contributed by atoms with Crippen molar-refractivity contribution in [2.75, 3.05) is 13.1 Å². The van der Waals surface area contributed by atoms with E-state index in [1.54, 1.807) is 0 Å². The molecular formula is C17H24F3N3O. The highest BCUT2D eigenvalue weighted by atomic mass is 19.4. The first-order valence-corrected chi connectivity index (χ1v) is 8.10. The highest BCUT2D eigenvalue weighted by Crippen LogP contribution is 2.39. The summed E-state index contributed by atoms with van der Waals surface area (Å²) < 4.78 is 42.9. The van der Waals surface area contributed by atoms with E-state index in [1.807, 2.05) is 45.0 Å². The van der Waals surface area contributed by atoms with Crippen molar-refractivity contribution < 1.29 is 17.9 Å². The minimum absolute atomic E-state index is 0.0753. The second-order valence-corrected chi connectivity index (χ2v) is 6.43. The second-order valence-electron chi connectivity index (χ2n) is 6.43. The molecule has 1 aliphatic heterocycles. The zero-order valence-corrected chi connectivity index (χ0v) is 14.2. The van der Waals surface area contributed by atoms with E-state index in [4.69, 9.17) is 4.74 Å². The maximum atomic E-state index is 12.3. The SMILES string of the molecule is CCNC(=NCCC(F)(F)F)NC1CC(C)(C)Oc2ccccc21. The third kappa shape index (κ3) is 5.32. The van der Waals surface area contributed by atoms with Gasteiger partial charge in [-0.05, 0) is 26.8 Å². The summed E-state index contributed by atoms with van der Waals surface area (Å²) in [6, 6.07) is 7.61. The fourth-order valence-electron chi connectivity index (χ4n) is 2.71. The Kier molecular flexibility index (Phi) is 5.62. The van der Waals surface area contributed by atoms with E-state index in [2.05, 4.69) is 15.6 Å². The number of nitrogens with zero attached hydrogens (tertiary/aromatic N) is 1. The van der Waals surface area contributed by atoms with Crippen molar-refractivity contribution in [1.29, 1.82) is 0 Å². The standard InChI is InChI=1S/C17H24F3N3O/c1-4-21-15(22-10-9-17(18,19)20)23-13-11-16(2,3)24-14-8-6-5-7-12(13)14/h5-8,13H,4,9-11H2,1-3H3,(H2,21,22,23). The van der Waals surface area contributed by atoms with E-state index in [-0.39, 0.29) is 18.2 Å². The van der Waals surface area contributed by atoms with Crippen molar-refractivity contribution in [3.05, 3.63) is 29.8 Å². The van der Waals surface area contributed by atoms with Crippen LogP contribution in [0.5, 0.6) is 5.75 Å². The van der Waals surface area contributed by atoms with Gasteiger partial charge < -0.3 is 15.4 Å². The first kappa shape index (κ1) is 18.4. The molecule has 1 heterocycles. The van der Waals surface area contributed by atoms with Crippen molar-refractivity contribution in [3.8, 4) is 5.75 Å². The van der Waals surface area contributed by atoms with E-state index < -0.39 is 12.6 Å². The number of ether oxygens (including phenoxy) is 1. The molecule has 2 rings (SSSR count). The van der Waals surface area contributed by atoms with E-state index in [9.17, 15) is 13.2 Å². The minimum Gasteiger partial charge on any atom is -0.487 e. The second kappa shape index (κ2) is 7.32. The summed E-state index contributed by atoms with van der Waals surface area (Å²) in [5.74, 6) is 1.18. The van der Waals surface area contributed by atoms with Gasteiger partial charge in [0.05, 0.1) is 19.0 Å². The molecule has 0 spiro atoms. The molecule has 24 heavy (non-hydrogen) atoms. The summed E-state index contributed by atoms with van der Waals surface area (Å²) >= 11 is 0. The Hall–Kier alpha value is -1.92. The van der Waals surface area contributed by atoms with E-state index in [0.717, 1.165) is 11.3 Å². The molecule has 0 saturated heterocycles. The molecule has 0 radical (unpaired) electrons. The quantitative estimate of drug-likeness (QED) is 0.646. The molecular weight excluding hydrogens is 319 g/mol. The van der Waals surface area contributed by atoms with Crippen LogP contribution in [-0.4, -0.2) is 30.8 Å². The average molecular weight is 343 g/mol. The van der Waals surface area contributed by atoms with E-state index in [0.29, 0.717) is 18.9 Å². The zero-order chi connectivity index (χ0) is 17.8. The number of nitrogens with one attached hydrogen (secondary N) is 2. The molecule has 4 nitrogen and oxygen atoms in total. The molecule has 0 aliphatic carbocycles. The first-order chi connectivity index (χ1) is 11.2. The van der Waals surface area contributed by atoms with Gasteiger partial charge in [-0.1, -0.05) is 18.2 Å². The van der Waals surface area contributed by atoms with E-state index >= 15 is 0 Å². The highest BCUT2D eigenvalue weighted by molar-refractivity contribution is 5.80. The molecule has 1 aliphatic rings. The predicted molar refractivity (Wildman–Crippen MR) is 88.3 cm³/mol. The lowest BCUT2D eigenvalue weighted by Gasteiger charge is -2.38. The zero-order valence-electron chi connectivity index (χ0n) is 14.2. The summed E-state index contributed by atoms with van der Waals surface area (Å²) in [6.07, 6.45) is -4.44. The topological polar surface area (TPSA) is 45.7 Å². The van der Waals surface area contributed by atoms with Crippen LogP contribution < -0.4 is 15.4 Å². The molecule has 0 fully saturated rings. The number of halogens is 3. The fraction of sp³-hybridized carbons (Fsp3) is 0.588. The Labute approximate surface area is 140 Å². The van der Waals surface area contributed by atoms with Gasteiger partial charge in [0, 0.05) is 18.5 Å². The lowest BCUT2D eigenvalue weighted by Crippen LogP contribution is -2.45. The van der Waals surface area contributed by atoms with Gasteiger partial charge >= 0.3 is 6.18 Å². The molecule has 0 amide bonds. The fourth-order valence-corrected chi connectivity index (χ4v) is 2.71. The molecule has 1 atom stereocenters. The molecule has 1 aromatic rings. The minimum atomic E-state index is -4.20. The maximum Gasteiger partial charge on any atom is 0.390 e. The lowest BCUT2D eigenvalue weighted by molar-refractivity contribution is -0.132. The number of rotatable bonds is 4. The summed E-state index contributed by atoms with van der Waals surface area (Å²) in [7, 11) is 0. The summed E-state index contributed by atoms with van der Waals surface area (Å²) in [5, 5.41) is 6.25. The smallest absolute Gasteiger partial charge is 0.390 e. The molecule has 7 heteroatoms. The number of aliphatic imine (C=N–C) groups is 1. The van der Waals surface area contributed by atoms with Crippen LogP contribution in [0.25, 0.3) is 0 Å². The van der Waals surface area contributed by atoms with Gasteiger partial charge in [0.1, 0.15) is 11.4 Å². The number of fused-ring (bicyclic) bond motifs is 1. The molecule has 0 saturated carbocycles. The van der Waals surface area contributed by atoms with Gasteiger partial charge in [-0.25, -0.2) is 0 Å². The van der Waals surface area contributed by atoms with E-state index in [1.165, 1.54) is 0 Å². The Bertz CT molecular complexity index is 585. The van der Waals surface area contributed by atoms with Gasteiger partial charge in [0.2, 0.25) is 0 Å². The highest BCUT2D eigenvalue weighted by Gasteiger charge is 2.34. The van der Waals surface area contributed by atoms with Crippen LogP contribution >= 0.6 is 0 Å². The van der Waals surface area contributed by atoms with Crippen molar-refractivity contribution >= 4 is 5.96 Å². The Morgan fingerprint density at radius 2 is 2.04 bits per heavy atom. The number of hydrogen-bond donors (Lipinski definition) is 2. The molecule has 2 N–H and O–H groups in total. The molecule has 134 valence electrons. The van der Waals surface area contributed by atoms with Gasteiger partial charge in [0.15, 0.2) is 5.96 Å². The van der Waals surface area contributed by atoms with Crippen molar-refractivity contribution in [1.82, 2.24) is 10.6 Å². The Morgan fingerprint density at radius 1 is 1.33 bits per heavy atom. The van der Waals surface area contributed by atoms with Gasteiger partial charge in [-0.15, -0.1) is 0 Å².